The molecule has 0 atom stereocenters. The largest absolute Gasteiger partial charge is 0.395 e. The van der Waals surface area contributed by atoms with Crippen molar-refractivity contribution in [3.8, 4) is 0 Å². The van der Waals surface area contributed by atoms with E-state index in [9.17, 15) is 4.79 Å². The summed E-state index contributed by atoms with van der Waals surface area (Å²) < 4.78 is 0. The van der Waals surface area contributed by atoms with Crippen LogP contribution in [0, 0.1) is 0 Å². The molecule has 1 saturated carbocycles. The summed E-state index contributed by atoms with van der Waals surface area (Å²) in [6, 6.07) is 0.466. The lowest BCUT2D eigenvalue weighted by atomic mass is 9.93. The van der Waals surface area contributed by atoms with E-state index in [1.54, 1.807) is 4.90 Å². The van der Waals surface area contributed by atoms with Gasteiger partial charge in [-0.3, -0.25) is 4.79 Å². The van der Waals surface area contributed by atoms with Crippen LogP contribution in [-0.4, -0.2) is 46.6 Å². The van der Waals surface area contributed by atoms with Crippen molar-refractivity contribution in [2.45, 2.75) is 32.2 Å². The number of aliphatic hydroxyl groups is 1. The van der Waals surface area contributed by atoms with Gasteiger partial charge in [0.1, 0.15) is 10.7 Å². The topological polar surface area (TPSA) is 91.5 Å². The van der Waals surface area contributed by atoms with Crippen LogP contribution in [0.5, 0.6) is 0 Å². The minimum Gasteiger partial charge on any atom is -0.395 e. The van der Waals surface area contributed by atoms with E-state index in [2.05, 4.69) is 10.3 Å². The number of carbonyl (C=O) groups excluding carboxylic acids is 1. The van der Waals surface area contributed by atoms with Crippen LogP contribution in [0.15, 0.2) is 0 Å². The Morgan fingerprint density at radius 2 is 2.37 bits per heavy atom. The predicted molar refractivity (Wildman–Crippen MR) is 76.5 cm³/mol. The zero-order valence-corrected chi connectivity index (χ0v) is 11.9. The summed E-state index contributed by atoms with van der Waals surface area (Å²) >= 11 is 1.29. The van der Waals surface area contributed by atoms with Crippen LogP contribution in [0.25, 0.3) is 0 Å². The van der Waals surface area contributed by atoms with Crippen LogP contribution < -0.4 is 11.1 Å². The lowest BCUT2D eigenvalue weighted by molar-refractivity contribution is 0.0737. The molecule has 1 heterocycles. The third-order valence-corrected chi connectivity index (χ3v) is 4.31. The first-order valence-corrected chi connectivity index (χ1v) is 7.40. The first kappa shape index (κ1) is 14.1. The highest BCUT2D eigenvalue weighted by atomic mass is 32.1. The van der Waals surface area contributed by atoms with Gasteiger partial charge < -0.3 is 21.1 Å². The Morgan fingerprint density at radius 3 is 2.89 bits per heavy atom. The van der Waals surface area contributed by atoms with Crippen molar-refractivity contribution >= 4 is 28.2 Å². The lowest BCUT2D eigenvalue weighted by Crippen LogP contribution is -2.33. The van der Waals surface area contributed by atoms with Crippen molar-refractivity contribution in [1.82, 2.24) is 9.88 Å². The Kier molecular flexibility index (Phi) is 4.60. The van der Waals surface area contributed by atoms with Gasteiger partial charge in [0, 0.05) is 19.1 Å². The Labute approximate surface area is 116 Å². The summed E-state index contributed by atoms with van der Waals surface area (Å²) in [4.78, 5) is 18.5. The first-order chi connectivity index (χ1) is 9.15. The molecule has 0 radical (unpaired) electrons. The van der Waals surface area contributed by atoms with Crippen molar-refractivity contribution in [1.29, 1.82) is 0 Å². The molecule has 4 N–H and O–H groups in total. The Balaban J connectivity index is 2.07. The molecule has 0 unspecified atom stereocenters. The summed E-state index contributed by atoms with van der Waals surface area (Å²) in [5.41, 5.74) is 5.82. The number of nitrogens with two attached hydrogens (primary N) is 1. The molecule has 106 valence electrons. The Hall–Kier alpha value is -1.34. The number of rotatable bonds is 6. The summed E-state index contributed by atoms with van der Waals surface area (Å²) in [6.45, 7) is 2.68. The van der Waals surface area contributed by atoms with E-state index >= 15 is 0 Å². The molecule has 1 amide bonds. The van der Waals surface area contributed by atoms with Gasteiger partial charge in [-0.25, -0.2) is 4.98 Å². The SMILES string of the molecule is CCN(CCO)C(=O)c1sc(NC2CCC2)nc1N. The van der Waals surface area contributed by atoms with Crippen LogP contribution in [0.4, 0.5) is 10.9 Å². The fourth-order valence-electron chi connectivity index (χ4n) is 1.94. The second kappa shape index (κ2) is 6.21. The molecule has 0 aromatic carbocycles. The number of aliphatic hydroxyl groups excluding tert-OH is 1. The third-order valence-electron chi connectivity index (χ3n) is 3.32. The molecule has 1 aliphatic rings. The number of hydrogen-bond acceptors (Lipinski definition) is 6. The summed E-state index contributed by atoms with van der Waals surface area (Å²) in [5.74, 6) is 0.112. The Bertz CT molecular complexity index is 445. The van der Waals surface area contributed by atoms with E-state index in [4.69, 9.17) is 10.8 Å². The lowest BCUT2D eigenvalue weighted by Gasteiger charge is -2.25. The molecule has 0 saturated heterocycles. The van der Waals surface area contributed by atoms with Crippen molar-refractivity contribution in [3.63, 3.8) is 0 Å². The van der Waals surface area contributed by atoms with Crippen molar-refractivity contribution in [2.75, 3.05) is 30.7 Å². The second-order valence-corrected chi connectivity index (χ2v) is 5.61. The fraction of sp³-hybridized carbons (Fsp3) is 0.667. The van der Waals surface area contributed by atoms with Gasteiger partial charge in [0.25, 0.3) is 5.91 Å². The summed E-state index contributed by atoms with van der Waals surface area (Å²) in [6.07, 6.45) is 3.53. The zero-order valence-electron chi connectivity index (χ0n) is 11.1. The van der Waals surface area contributed by atoms with Crippen LogP contribution >= 0.6 is 11.3 Å². The number of amides is 1. The number of thiazole rings is 1. The molecule has 1 aliphatic carbocycles. The maximum atomic E-state index is 12.2. The van der Waals surface area contributed by atoms with Crippen molar-refractivity contribution in [3.05, 3.63) is 4.88 Å². The normalized spacial score (nSPS) is 15.1. The van der Waals surface area contributed by atoms with E-state index < -0.39 is 0 Å². The number of nitrogens with zero attached hydrogens (tertiary/aromatic N) is 2. The van der Waals surface area contributed by atoms with Gasteiger partial charge in [0.05, 0.1) is 6.61 Å². The number of nitrogen functional groups attached to an aromatic ring is 1. The van der Waals surface area contributed by atoms with E-state index in [1.807, 2.05) is 6.92 Å². The highest BCUT2D eigenvalue weighted by molar-refractivity contribution is 7.18. The van der Waals surface area contributed by atoms with Crippen molar-refractivity contribution < 1.29 is 9.90 Å². The number of aromatic nitrogens is 1. The molecule has 1 aromatic heterocycles. The van der Waals surface area contributed by atoms with Crippen LogP contribution in [-0.2, 0) is 0 Å². The summed E-state index contributed by atoms with van der Waals surface area (Å²) in [7, 11) is 0. The number of anilines is 2. The molecule has 0 bridgehead atoms. The molecular formula is C12H20N4O2S. The number of likely N-dealkylation sites (N-methyl/N-ethyl adjacent to an activating group) is 1. The smallest absolute Gasteiger partial charge is 0.267 e. The van der Waals surface area contributed by atoms with Gasteiger partial charge in [-0.1, -0.05) is 11.3 Å². The van der Waals surface area contributed by atoms with Crippen LogP contribution in [0.3, 0.4) is 0 Å². The fourth-order valence-corrected chi connectivity index (χ4v) is 2.87. The summed E-state index contributed by atoms with van der Waals surface area (Å²) in [5, 5.41) is 13.0. The average Bonchev–Trinajstić information content (AvgIpc) is 2.71. The highest BCUT2D eigenvalue weighted by Crippen LogP contribution is 2.30. The number of carbonyl (C=O) groups is 1. The molecule has 1 fully saturated rings. The van der Waals surface area contributed by atoms with E-state index in [-0.39, 0.29) is 18.3 Å². The molecule has 6 nitrogen and oxygen atoms in total. The molecule has 19 heavy (non-hydrogen) atoms. The van der Waals surface area contributed by atoms with Gasteiger partial charge in [0.15, 0.2) is 5.13 Å². The van der Waals surface area contributed by atoms with Gasteiger partial charge >= 0.3 is 0 Å². The number of nitrogens with one attached hydrogen (secondary N) is 1. The molecule has 0 spiro atoms. The van der Waals surface area contributed by atoms with E-state index in [1.165, 1.54) is 17.8 Å². The third kappa shape index (κ3) is 3.16. The van der Waals surface area contributed by atoms with Crippen LogP contribution in [0.1, 0.15) is 35.9 Å². The molecule has 0 aliphatic heterocycles. The maximum absolute atomic E-state index is 12.2. The highest BCUT2D eigenvalue weighted by Gasteiger charge is 2.23. The molecular weight excluding hydrogens is 264 g/mol. The van der Waals surface area contributed by atoms with Gasteiger partial charge in [0.2, 0.25) is 0 Å². The molecule has 2 rings (SSSR count). The monoisotopic (exact) mass is 284 g/mol. The molecule has 1 aromatic rings. The first-order valence-electron chi connectivity index (χ1n) is 6.58. The predicted octanol–water partition coefficient (Wildman–Crippen LogP) is 1.14. The van der Waals surface area contributed by atoms with Gasteiger partial charge in [-0.05, 0) is 26.2 Å². The minimum atomic E-state index is -0.159. The average molecular weight is 284 g/mol. The quantitative estimate of drug-likeness (QED) is 0.728. The standard InChI is InChI=1S/C12H20N4O2S/c1-2-16(6-7-17)11(18)9-10(13)15-12(19-9)14-8-4-3-5-8/h8,17H,2-7,13H2,1H3,(H,14,15). The van der Waals surface area contributed by atoms with Crippen LogP contribution in [0.2, 0.25) is 0 Å². The van der Waals surface area contributed by atoms with Crippen molar-refractivity contribution in [2.24, 2.45) is 0 Å². The number of hydrogen-bond donors (Lipinski definition) is 3. The Morgan fingerprint density at radius 1 is 1.63 bits per heavy atom. The van der Waals surface area contributed by atoms with E-state index in [0.29, 0.717) is 29.1 Å². The molecule has 7 heteroatoms. The minimum absolute atomic E-state index is 0.0501. The zero-order chi connectivity index (χ0) is 13.8. The van der Waals surface area contributed by atoms with E-state index in [0.717, 1.165) is 12.8 Å². The van der Waals surface area contributed by atoms with Gasteiger partial charge in [-0.2, -0.15) is 0 Å². The van der Waals surface area contributed by atoms with Gasteiger partial charge in [-0.15, -0.1) is 0 Å². The maximum Gasteiger partial charge on any atom is 0.267 e. The second-order valence-electron chi connectivity index (χ2n) is 4.61.